The van der Waals surface area contributed by atoms with E-state index in [1.54, 1.807) is 41.6 Å². The molecule has 27 heavy (non-hydrogen) atoms. The lowest BCUT2D eigenvalue weighted by atomic mass is 10.2. The van der Waals surface area contributed by atoms with E-state index < -0.39 is 10.0 Å². The second-order valence-electron chi connectivity index (χ2n) is 6.65. The first-order valence-electron chi connectivity index (χ1n) is 8.90. The van der Waals surface area contributed by atoms with Gasteiger partial charge in [0, 0.05) is 57.7 Å². The molecule has 4 rings (SSSR count). The number of carbonyl (C=O) groups is 1. The summed E-state index contributed by atoms with van der Waals surface area (Å²) in [7, 11) is -3.56. The van der Waals surface area contributed by atoms with Crippen molar-refractivity contribution in [3.63, 3.8) is 0 Å². The van der Waals surface area contributed by atoms with Crippen LogP contribution < -0.4 is 9.80 Å². The average molecular weight is 387 g/mol. The van der Waals surface area contributed by atoms with Crippen molar-refractivity contribution in [1.82, 2.24) is 14.3 Å². The van der Waals surface area contributed by atoms with Gasteiger partial charge in [-0.25, -0.2) is 18.4 Å². The van der Waals surface area contributed by atoms with Crippen LogP contribution in [0, 0.1) is 0 Å². The molecule has 0 aliphatic carbocycles. The van der Waals surface area contributed by atoms with Crippen molar-refractivity contribution in [2.24, 2.45) is 0 Å². The average Bonchev–Trinajstić information content (AvgIpc) is 3.12. The van der Waals surface area contributed by atoms with E-state index in [9.17, 15) is 13.2 Å². The highest BCUT2D eigenvalue weighted by Gasteiger charge is 2.31. The standard InChI is InChI=1S/C18H21N5O3S/c1-14(24)23-8-5-15-13-16(3-4-17(15)23)27(25,26)22-11-9-21(10-12-22)18-19-6-2-7-20-18/h2-4,6-7,13H,5,8-12H2,1H3. The minimum Gasteiger partial charge on any atom is -0.338 e. The highest BCUT2D eigenvalue weighted by molar-refractivity contribution is 7.89. The van der Waals surface area contributed by atoms with E-state index in [1.807, 2.05) is 4.90 Å². The molecule has 1 aromatic heterocycles. The van der Waals surface area contributed by atoms with Crippen LogP contribution >= 0.6 is 0 Å². The first-order valence-corrected chi connectivity index (χ1v) is 10.3. The van der Waals surface area contributed by atoms with E-state index in [4.69, 9.17) is 0 Å². The van der Waals surface area contributed by atoms with Crippen LogP contribution in [0.3, 0.4) is 0 Å². The largest absolute Gasteiger partial charge is 0.338 e. The Morgan fingerprint density at radius 1 is 1.04 bits per heavy atom. The molecule has 142 valence electrons. The molecule has 3 heterocycles. The summed E-state index contributed by atoms with van der Waals surface area (Å²) < 4.78 is 27.6. The summed E-state index contributed by atoms with van der Waals surface area (Å²) in [5.41, 5.74) is 1.72. The van der Waals surface area contributed by atoms with E-state index >= 15 is 0 Å². The van der Waals surface area contributed by atoms with Gasteiger partial charge in [0.2, 0.25) is 21.9 Å². The summed E-state index contributed by atoms with van der Waals surface area (Å²) in [6, 6.07) is 6.80. The number of anilines is 2. The maximum Gasteiger partial charge on any atom is 0.243 e. The van der Waals surface area contributed by atoms with E-state index in [0.717, 1.165) is 11.3 Å². The van der Waals surface area contributed by atoms with Crippen LogP contribution in [0.2, 0.25) is 0 Å². The van der Waals surface area contributed by atoms with Gasteiger partial charge in [-0.3, -0.25) is 4.79 Å². The van der Waals surface area contributed by atoms with Crippen molar-refractivity contribution < 1.29 is 13.2 Å². The minimum atomic E-state index is -3.56. The number of hydrogen-bond donors (Lipinski definition) is 0. The lowest BCUT2D eigenvalue weighted by Crippen LogP contribution is -2.49. The zero-order valence-electron chi connectivity index (χ0n) is 15.1. The number of piperazine rings is 1. The maximum atomic E-state index is 13.0. The third-order valence-electron chi connectivity index (χ3n) is 5.04. The van der Waals surface area contributed by atoms with Crippen LogP contribution in [0.25, 0.3) is 0 Å². The highest BCUT2D eigenvalue weighted by atomic mass is 32.2. The van der Waals surface area contributed by atoms with Gasteiger partial charge in [0.15, 0.2) is 0 Å². The molecule has 8 nitrogen and oxygen atoms in total. The van der Waals surface area contributed by atoms with Crippen molar-refractivity contribution in [3.05, 3.63) is 42.2 Å². The Balaban J connectivity index is 1.51. The Bertz CT molecular complexity index is 956. The van der Waals surface area contributed by atoms with Gasteiger partial charge in [-0.1, -0.05) is 0 Å². The third-order valence-corrected chi connectivity index (χ3v) is 6.93. The fourth-order valence-electron chi connectivity index (χ4n) is 3.60. The SMILES string of the molecule is CC(=O)N1CCc2cc(S(=O)(=O)N3CCN(c4ncccn4)CC3)ccc21. The topological polar surface area (TPSA) is 86.7 Å². The molecular formula is C18H21N5O3S. The van der Waals surface area contributed by atoms with Crippen LogP contribution in [0.5, 0.6) is 0 Å². The molecule has 0 atom stereocenters. The zero-order valence-corrected chi connectivity index (χ0v) is 15.9. The van der Waals surface area contributed by atoms with Crippen molar-refractivity contribution in [2.45, 2.75) is 18.2 Å². The van der Waals surface area contributed by atoms with Crippen LogP contribution in [0.4, 0.5) is 11.6 Å². The number of nitrogens with zero attached hydrogens (tertiary/aromatic N) is 5. The molecule has 2 aromatic rings. The van der Waals surface area contributed by atoms with Crippen LogP contribution in [-0.4, -0.2) is 61.3 Å². The molecule has 1 fully saturated rings. The van der Waals surface area contributed by atoms with Crippen molar-refractivity contribution in [3.8, 4) is 0 Å². The number of sulfonamides is 1. The molecule has 0 spiro atoms. The molecule has 0 unspecified atom stereocenters. The Morgan fingerprint density at radius 3 is 2.41 bits per heavy atom. The fourth-order valence-corrected chi connectivity index (χ4v) is 5.07. The molecular weight excluding hydrogens is 366 g/mol. The Labute approximate surface area is 158 Å². The molecule has 1 aromatic carbocycles. The van der Waals surface area contributed by atoms with Gasteiger partial charge in [0.05, 0.1) is 4.90 Å². The monoisotopic (exact) mass is 387 g/mol. The third kappa shape index (κ3) is 3.28. The number of fused-ring (bicyclic) bond motifs is 1. The van der Waals surface area contributed by atoms with Gasteiger partial charge in [-0.15, -0.1) is 0 Å². The Kier molecular flexibility index (Phi) is 4.56. The van der Waals surface area contributed by atoms with Crippen LogP contribution in [0.1, 0.15) is 12.5 Å². The molecule has 9 heteroatoms. The number of hydrogen-bond acceptors (Lipinski definition) is 6. The summed E-state index contributed by atoms with van der Waals surface area (Å²) in [6.45, 7) is 3.99. The zero-order chi connectivity index (χ0) is 19.0. The molecule has 1 saturated heterocycles. The van der Waals surface area contributed by atoms with Crippen LogP contribution in [-0.2, 0) is 21.2 Å². The van der Waals surface area contributed by atoms with E-state index in [1.165, 1.54) is 11.2 Å². The van der Waals surface area contributed by atoms with Gasteiger partial charge in [0.25, 0.3) is 0 Å². The first kappa shape index (κ1) is 17.9. The lowest BCUT2D eigenvalue weighted by molar-refractivity contribution is -0.116. The number of amides is 1. The summed E-state index contributed by atoms with van der Waals surface area (Å²) in [5, 5.41) is 0. The van der Waals surface area contributed by atoms with Crippen molar-refractivity contribution in [2.75, 3.05) is 42.5 Å². The Morgan fingerprint density at radius 2 is 1.74 bits per heavy atom. The molecule has 1 amide bonds. The summed E-state index contributed by atoms with van der Waals surface area (Å²) in [5.74, 6) is 0.597. The Hall–Kier alpha value is -2.52. The van der Waals surface area contributed by atoms with Gasteiger partial charge < -0.3 is 9.80 Å². The second-order valence-corrected chi connectivity index (χ2v) is 8.59. The minimum absolute atomic E-state index is 0.0244. The van der Waals surface area contributed by atoms with Gasteiger partial charge in [-0.2, -0.15) is 4.31 Å². The molecule has 0 bridgehead atoms. The number of rotatable bonds is 3. The normalized spacial score (nSPS) is 17.8. The molecule has 0 saturated carbocycles. The van der Waals surface area contributed by atoms with Gasteiger partial charge in [0.1, 0.15) is 0 Å². The fraction of sp³-hybridized carbons (Fsp3) is 0.389. The van der Waals surface area contributed by atoms with E-state index in [0.29, 0.717) is 45.1 Å². The smallest absolute Gasteiger partial charge is 0.243 e. The maximum absolute atomic E-state index is 13.0. The molecule has 2 aliphatic rings. The quantitative estimate of drug-likeness (QED) is 0.778. The lowest BCUT2D eigenvalue weighted by Gasteiger charge is -2.34. The van der Waals surface area contributed by atoms with Crippen LogP contribution in [0.15, 0.2) is 41.6 Å². The van der Waals surface area contributed by atoms with Crippen molar-refractivity contribution in [1.29, 1.82) is 0 Å². The number of carbonyl (C=O) groups excluding carboxylic acids is 1. The predicted molar refractivity (Wildman–Crippen MR) is 101 cm³/mol. The highest BCUT2D eigenvalue weighted by Crippen LogP contribution is 2.31. The van der Waals surface area contributed by atoms with Gasteiger partial charge >= 0.3 is 0 Å². The first-order chi connectivity index (χ1) is 13.0. The predicted octanol–water partition coefficient (Wildman–Crippen LogP) is 0.897. The van der Waals surface area contributed by atoms with E-state index in [-0.39, 0.29) is 10.8 Å². The molecule has 0 radical (unpaired) electrons. The van der Waals surface area contributed by atoms with Gasteiger partial charge in [-0.05, 0) is 36.2 Å². The number of aromatic nitrogens is 2. The molecule has 2 aliphatic heterocycles. The summed E-state index contributed by atoms with van der Waals surface area (Å²) >= 11 is 0. The van der Waals surface area contributed by atoms with Crippen molar-refractivity contribution >= 4 is 27.6 Å². The van der Waals surface area contributed by atoms with E-state index in [2.05, 4.69) is 9.97 Å². The molecule has 0 N–H and O–H groups in total. The number of benzene rings is 1. The summed E-state index contributed by atoms with van der Waals surface area (Å²) in [6.07, 6.45) is 4.04. The second kappa shape index (κ2) is 6.90. The summed E-state index contributed by atoms with van der Waals surface area (Å²) in [4.78, 5) is 24.1.